The van der Waals surface area contributed by atoms with Crippen LogP contribution in [0.4, 0.5) is 0 Å². The summed E-state index contributed by atoms with van der Waals surface area (Å²) in [6.45, 7) is 1.60. The molecule has 0 spiro atoms. The third-order valence-corrected chi connectivity index (χ3v) is 2.57. The predicted octanol–water partition coefficient (Wildman–Crippen LogP) is 3.10. The normalized spacial score (nSPS) is 19.1. The molecule has 68 valence electrons. The minimum absolute atomic E-state index is 0.168. The van der Waals surface area contributed by atoms with Crippen LogP contribution in [0.2, 0.25) is 0 Å². The van der Waals surface area contributed by atoms with E-state index in [0.717, 1.165) is 12.3 Å². The summed E-state index contributed by atoms with van der Waals surface area (Å²) in [5.41, 5.74) is 0. The number of rotatable bonds is 4. The van der Waals surface area contributed by atoms with Gasteiger partial charge in [-0.2, -0.15) is 0 Å². The molecule has 0 aliphatic heterocycles. The lowest BCUT2D eigenvalue weighted by Crippen LogP contribution is -1.91. The van der Waals surface area contributed by atoms with Crippen molar-refractivity contribution in [2.45, 2.75) is 45.4 Å². The Kier molecular flexibility index (Phi) is 4.06. The maximum absolute atomic E-state index is 10.6. The highest BCUT2D eigenvalue weighted by Crippen LogP contribution is 2.28. The van der Waals surface area contributed by atoms with Crippen molar-refractivity contribution in [2.24, 2.45) is 5.92 Å². The molecule has 1 nitrogen and oxygen atoms in total. The highest BCUT2D eigenvalue weighted by Gasteiger charge is 2.13. The van der Waals surface area contributed by atoms with Crippen LogP contribution in [0.3, 0.4) is 0 Å². The monoisotopic (exact) mass is 166 g/mol. The van der Waals surface area contributed by atoms with Crippen molar-refractivity contribution >= 4 is 5.78 Å². The molecule has 1 fully saturated rings. The summed E-state index contributed by atoms with van der Waals surface area (Å²) in [4.78, 5) is 10.6. The van der Waals surface area contributed by atoms with Crippen molar-refractivity contribution < 1.29 is 4.79 Å². The van der Waals surface area contributed by atoms with Gasteiger partial charge in [-0.25, -0.2) is 0 Å². The maximum atomic E-state index is 10.6. The molecular weight excluding hydrogens is 148 g/mol. The fourth-order valence-electron chi connectivity index (χ4n) is 1.88. The minimum atomic E-state index is 0.168. The third kappa shape index (κ3) is 3.70. The van der Waals surface area contributed by atoms with Crippen LogP contribution in [0.1, 0.15) is 45.4 Å². The number of carbonyl (C=O) groups excluding carboxylic acids is 1. The Hall–Kier alpha value is -0.590. The highest BCUT2D eigenvalue weighted by atomic mass is 16.1. The van der Waals surface area contributed by atoms with Gasteiger partial charge in [0.25, 0.3) is 0 Å². The van der Waals surface area contributed by atoms with Crippen LogP contribution in [0.5, 0.6) is 0 Å². The van der Waals surface area contributed by atoms with E-state index in [1.54, 1.807) is 13.0 Å². The minimum Gasteiger partial charge on any atom is -0.295 e. The average Bonchev–Trinajstić information content (AvgIpc) is 2.49. The second-order valence-electron chi connectivity index (χ2n) is 3.74. The molecule has 0 amide bonds. The smallest absolute Gasteiger partial charge is 0.152 e. The third-order valence-electron chi connectivity index (χ3n) is 2.57. The molecule has 1 aliphatic carbocycles. The Bertz CT molecular complexity index is 164. The van der Waals surface area contributed by atoms with Gasteiger partial charge in [-0.05, 0) is 31.8 Å². The first kappa shape index (κ1) is 9.50. The van der Waals surface area contributed by atoms with Crippen LogP contribution in [0.15, 0.2) is 12.2 Å². The largest absolute Gasteiger partial charge is 0.295 e. The second kappa shape index (κ2) is 5.13. The van der Waals surface area contributed by atoms with Crippen molar-refractivity contribution in [2.75, 3.05) is 0 Å². The molecule has 0 aromatic rings. The average molecular weight is 166 g/mol. The van der Waals surface area contributed by atoms with Gasteiger partial charge in [0.05, 0.1) is 0 Å². The van der Waals surface area contributed by atoms with Crippen LogP contribution in [0, 0.1) is 5.92 Å². The van der Waals surface area contributed by atoms with Crippen LogP contribution in [-0.4, -0.2) is 5.78 Å². The Morgan fingerprint density at radius 1 is 1.42 bits per heavy atom. The summed E-state index contributed by atoms with van der Waals surface area (Å²) < 4.78 is 0. The van der Waals surface area contributed by atoms with E-state index in [1.165, 1.54) is 32.1 Å². The van der Waals surface area contributed by atoms with Gasteiger partial charge in [0.15, 0.2) is 5.78 Å². The van der Waals surface area contributed by atoms with Gasteiger partial charge in [-0.15, -0.1) is 0 Å². The topological polar surface area (TPSA) is 17.1 Å². The Balaban J connectivity index is 2.05. The molecule has 0 atom stereocenters. The fraction of sp³-hybridized carbons (Fsp3) is 0.727. The summed E-state index contributed by atoms with van der Waals surface area (Å²) in [6, 6.07) is 0. The molecule has 0 heterocycles. The van der Waals surface area contributed by atoms with Crippen LogP contribution < -0.4 is 0 Å². The second-order valence-corrected chi connectivity index (χ2v) is 3.74. The van der Waals surface area contributed by atoms with E-state index < -0.39 is 0 Å². The number of ketones is 1. The molecule has 0 N–H and O–H groups in total. The van der Waals surface area contributed by atoms with E-state index in [2.05, 4.69) is 0 Å². The lowest BCUT2D eigenvalue weighted by molar-refractivity contribution is -0.112. The molecule has 1 aliphatic rings. The molecule has 1 rings (SSSR count). The maximum Gasteiger partial charge on any atom is 0.152 e. The van der Waals surface area contributed by atoms with Gasteiger partial charge in [0.1, 0.15) is 0 Å². The van der Waals surface area contributed by atoms with Gasteiger partial charge in [-0.3, -0.25) is 4.79 Å². The Morgan fingerprint density at radius 2 is 2.08 bits per heavy atom. The van der Waals surface area contributed by atoms with Crippen LogP contribution in [-0.2, 0) is 4.79 Å². The molecule has 12 heavy (non-hydrogen) atoms. The first-order valence-electron chi connectivity index (χ1n) is 4.96. The number of hydrogen-bond donors (Lipinski definition) is 0. The van der Waals surface area contributed by atoms with Crippen LogP contribution >= 0.6 is 0 Å². The summed E-state index contributed by atoms with van der Waals surface area (Å²) in [5, 5.41) is 0. The zero-order valence-corrected chi connectivity index (χ0v) is 7.88. The molecule has 0 aromatic heterocycles. The molecule has 0 unspecified atom stereocenters. The van der Waals surface area contributed by atoms with Gasteiger partial charge in [-0.1, -0.05) is 31.8 Å². The zero-order chi connectivity index (χ0) is 8.81. The summed E-state index contributed by atoms with van der Waals surface area (Å²) >= 11 is 0. The predicted molar refractivity (Wildman–Crippen MR) is 51.0 cm³/mol. The van der Waals surface area contributed by atoms with E-state index in [9.17, 15) is 4.79 Å². The van der Waals surface area contributed by atoms with Crippen molar-refractivity contribution in [3.8, 4) is 0 Å². The number of allylic oxidation sites excluding steroid dienone is 2. The first-order valence-corrected chi connectivity index (χ1v) is 4.96. The highest BCUT2D eigenvalue weighted by molar-refractivity contribution is 5.87. The van der Waals surface area contributed by atoms with Crippen molar-refractivity contribution in [1.82, 2.24) is 0 Å². The molecule has 0 saturated heterocycles. The van der Waals surface area contributed by atoms with Crippen molar-refractivity contribution in [3.05, 3.63) is 12.2 Å². The number of carbonyl (C=O) groups is 1. The molecule has 0 bridgehead atoms. The van der Waals surface area contributed by atoms with E-state index in [0.29, 0.717) is 0 Å². The van der Waals surface area contributed by atoms with Gasteiger partial charge < -0.3 is 0 Å². The van der Waals surface area contributed by atoms with Gasteiger partial charge in [0.2, 0.25) is 0 Å². The summed E-state index contributed by atoms with van der Waals surface area (Å²) in [6.07, 6.45) is 11.7. The van der Waals surface area contributed by atoms with Gasteiger partial charge >= 0.3 is 0 Å². The van der Waals surface area contributed by atoms with Crippen LogP contribution in [0.25, 0.3) is 0 Å². The Morgan fingerprint density at radius 3 is 2.67 bits per heavy atom. The van der Waals surface area contributed by atoms with E-state index in [1.807, 2.05) is 6.08 Å². The SMILES string of the molecule is CC(=O)/C=C/CCC1CCCC1. The molecule has 1 saturated carbocycles. The van der Waals surface area contributed by atoms with E-state index >= 15 is 0 Å². The summed E-state index contributed by atoms with van der Waals surface area (Å²) in [7, 11) is 0. The molecule has 0 radical (unpaired) electrons. The van der Waals surface area contributed by atoms with Crippen molar-refractivity contribution in [1.29, 1.82) is 0 Å². The quantitative estimate of drug-likeness (QED) is 0.586. The summed E-state index contributed by atoms with van der Waals surface area (Å²) in [5.74, 6) is 1.11. The lowest BCUT2D eigenvalue weighted by atomic mass is 10.0. The fourth-order valence-corrected chi connectivity index (χ4v) is 1.88. The zero-order valence-electron chi connectivity index (χ0n) is 7.88. The van der Waals surface area contributed by atoms with Gasteiger partial charge in [0, 0.05) is 0 Å². The molecule has 1 heteroatoms. The molecular formula is C11H18O. The van der Waals surface area contributed by atoms with E-state index in [-0.39, 0.29) is 5.78 Å². The van der Waals surface area contributed by atoms with E-state index in [4.69, 9.17) is 0 Å². The van der Waals surface area contributed by atoms with Crippen molar-refractivity contribution in [3.63, 3.8) is 0 Å². The molecule has 0 aromatic carbocycles. The number of hydrogen-bond acceptors (Lipinski definition) is 1. The lowest BCUT2D eigenvalue weighted by Gasteiger charge is -2.04. The standard InChI is InChI=1S/C11H18O/c1-10(12)6-2-3-7-11-8-4-5-9-11/h2,6,11H,3-5,7-9H2,1H3/b6-2+. The Labute approximate surface area is 74.9 Å². The first-order chi connectivity index (χ1) is 5.79.